The van der Waals surface area contributed by atoms with Gasteiger partial charge in [0.05, 0.1) is 12.7 Å². The minimum absolute atomic E-state index is 0.249. The summed E-state index contributed by atoms with van der Waals surface area (Å²) in [5, 5.41) is 13.5. The smallest absolute Gasteiger partial charge is 0.404 e. The first kappa shape index (κ1) is 12.2. The zero-order valence-corrected chi connectivity index (χ0v) is 8.17. The van der Waals surface area contributed by atoms with Crippen molar-refractivity contribution in [1.29, 1.82) is 0 Å². The van der Waals surface area contributed by atoms with Gasteiger partial charge in [-0.05, 0) is 13.8 Å². The molecule has 0 fully saturated rings. The van der Waals surface area contributed by atoms with Gasteiger partial charge < -0.3 is 20.5 Å². The molecule has 78 valence electrons. The van der Waals surface area contributed by atoms with Crippen LogP contribution in [0.4, 0.5) is 4.79 Å². The van der Waals surface area contributed by atoms with E-state index in [9.17, 15) is 4.79 Å². The van der Waals surface area contributed by atoms with Crippen LogP contribution in [0, 0.1) is 0 Å². The summed E-state index contributed by atoms with van der Waals surface area (Å²) in [6, 6.07) is 0. The highest BCUT2D eigenvalue weighted by Gasteiger charge is 1.93. The van der Waals surface area contributed by atoms with Gasteiger partial charge in [-0.25, -0.2) is 4.79 Å². The van der Waals surface area contributed by atoms with E-state index in [1.807, 2.05) is 13.8 Å². The quantitative estimate of drug-likeness (QED) is 0.504. The molecule has 0 saturated carbocycles. The highest BCUT2D eigenvalue weighted by atomic mass is 16.5. The molecule has 0 radical (unpaired) electrons. The lowest BCUT2D eigenvalue weighted by atomic mass is 10.5. The molecule has 0 saturated heterocycles. The predicted molar refractivity (Wildman–Crippen MR) is 50.0 cm³/mol. The van der Waals surface area contributed by atoms with E-state index < -0.39 is 6.09 Å². The largest absolute Gasteiger partial charge is 0.465 e. The lowest BCUT2D eigenvalue weighted by Crippen LogP contribution is -2.32. The molecule has 0 aliphatic heterocycles. The topological polar surface area (TPSA) is 70.6 Å². The first-order valence-electron chi connectivity index (χ1n) is 4.42. The Labute approximate surface area is 78.5 Å². The third kappa shape index (κ3) is 11.2. The maximum absolute atomic E-state index is 10.0. The molecule has 0 aromatic rings. The van der Waals surface area contributed by atoms with Crippen molar-refractivity contribution >= 4 is 6.09 Å². The Bertz CT molecular complexity index is 139. The fourth-order valence-corrected chi connectivity index (χ4v) is 0.750. The van der Waals surface area contributed by atoms with Gasteiger partial charge in [0, 0.05) is 19.6 Å². The van der Waals surface area contributed by atoms with E-state index in [0.717, 1.165) is 6.54 Å². The van der Waals surface area contributed by atoms with Crippen LogP contribution < -0.4 is 10.6 Å². The molecule has 5 heteroatoms. The zero-order valence-electron chi connectivity index (χ0n) is 8.17. The van der Waals surface area contributed by atoms with E-state index in [1.165, 1.54) is 0 Å². The van der Waals surface area contributed by atoms with Crippen LogP contribution in [0.3, 0.4) is 0 Å². The third-order valence-electron chi connectivity index (χ3n) is 1.31. The van der Waals surface area contributed by atoms with Gasteiger partial charge in [0.25, 0.3) is 0 Å². The van der Waals surface area contributed by atoms with E-state index in [-0.39, 0.29) is 6.10 Å². The van der Waals surface area contributed by atoms with Crippen LogP contribution in [0.15, 0.2) is 0 Å². The van der Waals surface area contributed by atoms with E-state index >= 15 is 0 Å². The maximum atomic E-state index is 10.0. The Hall–Kier alpha value is -0.810. The van der Waals surface area contributed by atoms with E-state index in [4.69, 9.17) is 9.84 Å². The van der Waals surface area contributed by atoms with E-state index in [0.29, 0.717) is 19.7 Å². The molecule has 5 nitrogen and oxygen atoms in total. The maximum Gasteiger partial charge on any atom is 0.404 e. The summed E-state index contributed by atoms with van der Waals surface area (Å²) in [7, 11) is 0. The van der Waals surface area contributed by atoms with Crippen LogP contribution in [-0.4, -0.2) is 43.5 Å². The summed E-state index contributed by atoms with van der Waals surface area (Å²) >= 11 is 0. The predicted octanol–water partition coefficient (Wildman–Crippen LogP) is 0.269. The van der Waals surface area contributed by atoms with Crippen LogP contribution in [0.25, 0.3) is 0 Å². The summed E-state index contributed by atoms with van der Waals surface area (Å²) in [5.74, 6) is 0. The van der Waals surface area contributed by atoms with Gasteiger partial charge in [-0.3, -0.25) is 0 Å². The van der Waals surface area contributed by atoms with Crippen molar-refractivity contribution in [1.82, 2.24) is 10.6 Å². The second-order valence-electron chi connectivity index (χ2n) is 2.90. The van der Waals surface area contributed by atoms with Gasteiger partial charge in [-0.1, -0.05) is 0 Å². The van der Waals surface area contributed by atoms with E-state index in [1.54, 1.807) is 0 Å². The standard InChI is InChI=1S/C8H18N2O3/c1-7(2)13-6-5-9-3-4-10-8(11)12/h7,9-10H,3-6H2,1-2H3,(H,11,12). The molecule has 0 aliphatic rings. The molecule has 0 unspecified atom stereocenters. The van der Waals surface area contributed by atoms with Crippen molar-refractivity contribution in [2.24, 2.45) is 0 Å². The normalized spacial score (nSPS) is 10.4. The summed E-state index contributed by atoms with van der Waals surface area (Å²) in [6.45, 7) is 6.42. The molecule has 0 rings (SSSR count). The highest BCUT2D eigenvalue weighted by molar-refractivity contribution is 5.64. The van der Waals surface area contributed by atoms with Crippen molar-refractivity contribution in [3.63, 3.8) is 0 Å². The van der Waals surface area contributed by atoms with Gasteiger partial charge in [-0.2, -0.15) is 0 Å². The number of carboxylic acid groups (broad SMARTS) is 1. The summed E-state index contributed by atoms with van der Waals surface area (Å²) in [5.41, 5.74) is 0. The Morgan fingerprint density at radius 3 is 2.62 bits per heavy atom. The molecule has 0 aromatic heterocycles. The average Bonchev–Trinajstić information content (AvgIpc) is 2.01. The second-order valence-corrected chi connectivity index (χ2v) is 2.90. The van der Waals surface area contributed by atoms with Crippen LogP contribution in [0.2, 0.25) is 0 Å². The fraction of sp³-hybridized carbons (Fsp3) is 0.875. The highest BCUT2D eigenvalue weighted by Crippen LogP contribution is 1.84. The molecule has 0 spiro atoms. The molecule has 0 heterocycles. The monoisotopic (exact) mass is 190 g/mol. The number of hydrogen-bond acceptors (Lipinski definition) is 3. The minimum atomic E-state index is -0.986. The number of amides is 1. The number of rotatable bonds is 7. The van der Waals surface area contributed by atoms with Crippen molar-refractivity contribution < 1.29 is 14.6 Å². The molecule has 0 aromatic carbocycles. The zero-order chi connectivity index (χ0) is 10.1. The summed E-state index contributed by atoms with van der Waals surface area (Å²) in [4.78, 5) is 10.0. The lowest BCUT2D eigenvalue weighted by Gasteiger charge is -2.08. The van der Waals surface area contributed by atoms with Crippen molar-refractivity contribution in [2.45, 2.75) is 20.0 Å². The second kappa shape index (κ2) is 7.82. The molecule has 13 heavy (non-hydrogen) atoms. The molecule has 1 amide bonds. The first-order valence-corrected chi connectivity index (χ1v) is 4.42. The van der Waals surface area contributed by atoms with Crippen molar-refractivity contribution in [3.05, 3.63) is 0 Å². The molecule has 0 atom stereocenters. The molecular formula is C8H18N2O3. The molecular weight excluding hydrogens is 172 g/mol. The summed E-state index contributed by atoms with van der Waals surface area (Å²) in [6.07, 6.45) is -0.737. The van der Waals surface area contributed by atoms with Gasteiger partial charge >= 0.3 is 6.09 Å². The van der Waals surface area contributed by atoms with Crippen molar-refractivity contribution in [3.8, 4) is 0 Å². The van der Waals surface area contributed by atoms with Crippen LogP contribution >= 0.6 is 0 Å². The van der Waals surface area contributed by atoms with Gasteiger partial charge in [0.2, 0.25) is 0 Å². The minimum Gasteiger partial charge on any atom is -0.465 e. The van der Waals surface area contributed by atoms with Crippen LogP contribution in [0.1, 0.15) is 13.8 Å². The van der Waals surface area contributed by atoms with Gasteiger partial charge in [0.15, 0.2) is 0 Å². The van der Waals surface area contributed by atoms with Crippen molar-refractivity contribution in [2.75, 3.05) is 26.2 Å². The number of ether oxygens (including phenoxy) is 1. The Balaban J connectivity index is 2.96. The van der Waals surface area contributed by atoms with Gasteiger partial charge in [0.1, 0.15) is 0 Å². The lowest BCUT2D eigenvalue weighted by molar-refractivity contribution is 0.0810. The first-order chi connectivity index (χ1) is 6.13. The van der Waals surface area contributed by atoms with Crippen LogP contribution in [0.5, 0.6) is 0 Å². The number of carbonyl (C=O) groups is 1. The molecule has 3 N–H and O–H groups in total. The SMILES string of the molecule is CC(C)OCCNCCNC(=O)O. The molecule has 0 bridgehead atoms. The Morgan fingerprint density at radius 1 is 1.38 bits per heavy atom. The summed E-state index contributed by atoms with van der Waals surface area (Å²) < 4.78 is 5.27. The number of hydrogen-bond donors (Lipinski definition) is 3. The van der Waals surface area contributed by atoms with Crippen LogP contribution in [-0.2, 0) is 4.74 Å². The van der Waals surface area contributed by atoms with Gasteiger partial charge in [-0.15, -0.1) is 0 Å². The third-order valence-corrected chi connectivity index (χ3v) is 1.31. The van der Waals surface area contributed by atoms with E-state index in [2.05, 4.69) is 10.6 Å². The Kier molecular flexibility index (Phi) is 7.33. The average molecular weight is 190 g/mol. The number of nitrogens with one attached hydrogen (secondary N) is 2. The fourth-order valence-electron chi connectivity index (χ4n) is 0.750. The molecule has 0 aliphatic carbocycles. The Morgan fingerprint density at radius 2 is 2.08 bits per heavy atom.